The first-order valence-electron chi connectivity index (χ1n) is 10.6. The van der Waals surface area contributed by atoms with Crippen LogP contribution in [0.2, 0.25) is 5.02 Å². The lowest BCUT2D eigenvalue weighted by atomic mass is 10.1. The molecule has 0 fully saturated rings. The zero-order valence-electron chi connectivity index (χ0n) is 17.4. The van der Waals surface area contributed by atoms with E-state index in [9.17, 15) is 9.59 Å². The summed E-state index contributed by atoms with van der Waals surface area (Å²) in [6, 6.07) is 14.9. The second-order valence-corrected chi connectivity index (χ2v) is 7.88. The van der Waals surface area contributed by atoms with Crippen molar-refractivity contribution in [2.24, 2.45) is 0 Å². The minimum atomic E-state index is 0.0368. The summed E-state index contributed by atoms with van der Waals surface area (Å²) in [5, 5.41) is 3.57. The van der Waals surface area contributed by atoms with Crippen LogP contribution < -0.4 is 5.32 Å². The topological polar surface area (TPSA) is 64.0 Å². The smallest absolute Gasteiger partial charge is 0.219 e. The average molecular weight is 426 g/mol. The van der Waals surface area contributed by atoms with E-state index in [1.54, 1.807) is 24.3 Å². The van der Waals surface area contributed by atoms with Crippen molar-refractivity contribution >= 4 is 34.3 Å². The van der Waals surface area contributed by atoms with Crippen LogP contribution in [0.1, 0.15) is 55.2 Å². The summed E-state index contributed by atoms with van der Waals surface area (Å²) < 4.78 is 2.02. The van der Waals surface area contributed by atoms with E-state index >= 15 is 0 Å². The van der Waals surface area contributed by atoms with Crippen LogP contribution >= 0.6 is 11.6 Å². The van der Waals surface area contributed by atoms with Gasteiger partial charge in [-0.15, -0.1) is 0 Å². The molecule has 0 saturated carbocycles. The molecule has 0 aliphatic heterocycles. The fourth-order valence-corrected chi connectivity index (χ4v) is 3.62. The molecule has 6 heteroatoms. The molecular weight excluding hydrogens is 398 g/mol. The quantitative estimate of drug-likeness (QED) is 0.339. The van der Waals surface area contributed by atoms with Gasteiger partial charge in [0.1, 0.15) is 5.82 Å². The number of nitrogens with zero attached hydrogens (tertiary/aromatic N) is 2. The van der Waals surface area contributed by atoms with Gasteiger partial charge in [0.05, 0.1) is 17.6 Å². The standard InChI is InChI=1S/C24H28ClN3O2/c1-2-8-24(30)26-16-7-3-4-11-23-27-20-9-5-6-10-21(20)28(23)17-22(29)18-12-14-19(25)15-13-18/h5-6,9-10,12-15H,2-4,7-8,11,16-17H2,1H3,(H,26,30). The molecule has 0 radical (unpaired) electrons. The SMILES string of the molecule is CCCC(=O)NCCCCCc1nc2ccccc2n1CC(=O)c1ccc(Cl)cc1. The van der Waals surface area contributed by atoms with Crippen molar-refractivity contribution in [2.45, 2.75) is 52.0 Å². The van der Waals surface area contributed by atoms with Crippen molar-refractivity contribution in [1.82, 2.24) is 14.9 Å². The van der Waals surface area contributed by atoms with Crippen LogP contribution in [0, 0.1) is 0 Å². The van der Waals surface area contributed by atoms with E-state index in [2.05, 4.69) is 5.32 Å². The van der Waals surface area contributed by atoms with Crippen molar-refractivity contribution in [3.05, 3.63) is 64.9 Å². The highest BCUT2D eigenvalue weighted by molar-refractivity contribution is 6.30. The Labute approximate surface area is 182 Å². The molecule has 0 saturated heterocycles. The molecule has 0 spiro atoms. The summed E-state index contributed by atoms with van der Waals surface area (Å²) in [5.74, 6) is 1.09. The minimum Gasteiger partial charge on any atom is -0.356 e. The van der Waals surface area contributed by atoms with Crippen LogP contribution in [-0.2, 0) is 17.8 Å². The Balaban J connectivity index is 1.62. The van der Waals surface area contributed by atoms with Gasteiger partial charge in [-0.05, 0) is 55.7 Å². The first kappa shape index (κ1) is 22.0. The van der Waals surface area contributed by atoms with Gasteiger partial charge in [-0.3, -0.25) is 9.59 Å². The number of ketones is 1. The van der Waals surface area contributed by atoms with Gasteiger partial charge in [-0.1, -0.05) is 37.1 Å². The average Bonchev–Trinajstić information content (AvgIpc) is 3.08. The number of nitrogens with one attached hydrogen (secondary N) is 1. The number of carbonyl (C=O) groups excluding carboxylic acids is 2. The van der Waals surface area contributed by atoms with Crippen LogP contribution in [0.4, 0.5) is 0 Å². The maximum atomic E-state index is 12.8. The number of hydrogen-bond donors (Lipinski definition) is 1. The summed E-state index contributed by atoms with van der Waals surface area (Å²) in [5.41, 5.74) is 2.52. The third-order valence-electron chi connectivity index (χ3n) is 5.08. The van der Waals surface area contributed by atoms with Gasteiger partial charge in [0.25, 0.3) is 0 Å². The van der Waals surface area contributed by atoms with Gasteiger partial charge in [0.15, 0.2) is 5.78 Å². The number of aryl methyl sites for hydroxylation is 1. The van der Waals surface area contributed by atoms with Crippen molar-refractivity contribution < 1.29 is 9.59 Å². The third kappa shape index (κ3) is 5.92. The summed E-state index contributed by atoms with van der Waals surface area (Å²) in [6.07, 6.45) is 5.16. The molecule has 158 valence electrons. The first-order valence-corrected chi connectivity index (χ1v) is 11.0. The molecule has 1 amide bonds. The van der Waals surface area contributed by atoms with E-state index in [4.69, 9.17) is 16.6 Å². The van der Waals surface area contributed by atoms with Crippen molar-refractivity contribution in [3.63, 3.8) is 0 Å². The normalized spacial score (nSPS) is 11.0. The molecule has 3 aromatic rings. The van der Waals surface area contributed by atoms with Crippen molar-refractivity contribution in [1.29, 1.82) is 0 Å². The fourth-order valence-electron chi connectivity index (χ4n) is 3.49. The summed E-state index contributed by atoms with van der Waals surface area (Å²) in [7, 11) is 0. The van der Waals surface area contributed by atoms with Crippen LogP contribution in [0.3, 0.4) is 0 Å². The predicted molar refractivity (Wildman–Crippen MR) is 121 cm³/mol. The molecule has 1 aromatic heterocycles. The molecule has 0 aliphatic rings. The van der Waals surface area contributed by atoms with Crippen LogP contribution in [-0.4, -0.2) is 27.8 Å². The van der Waals surface area contributed by atoms with Gasteiger partial charge in [0, 0.05) is 30.0 Å². The largest absolute Gasteiger partial charge is 0.356 e. The Bertz CT molecular complexity index is 995. The fraction of sp³-hybridized carbons (Fsp3) is 0.375. The van der Waals surface area contributed by atoms with E-state index in [0.29, 0.717) is 23.6 Å². The molecule has 5 nitrogen and oxygen atoms in total. The highest BCUT2D eigenvalue weighted by Crippen LogP contribution is 2.19. The van der Waals surface area contributed by atoms with Gasteiger partial charge >= 0.3 is 0 Å². The molecule has 3 rings (SSSR count). The van der Waals surface area contributed by atoms with E-state index in [1.165, 1.54) is 0 Å². The van der Waals surface area contributed by atoms with Crippen molar-refractivity contribution in [3.8, 4) is 0 Å². The molecule has 0 aliphatic carbocycles. The highest BCUT2D eigenvalue weighted by Gasteiger charge is 2.14. The molecule has 0 unspecified atom stereocenters. The summed E-state index contributed by atoms with van der Waals surface area (Å²) in [6.45, 7) is 2.97. The Morgan fingerprint density at radius 3 is 2.57 bits per heavy atom. The van der Waals surface area contributed by atoms with E-state index in [0.717, 1.165) is 49.0 Å². The summed E-state index contributed by atoms with van der Waals surface area (Å²) in [4.78, 5) is 29.1. The van der Waals surface area contributed by atoms with E-state index < -0.39 is 0 Å². The number of rotatable bonds is 11. The Hall–Kier alpha value is -2.66. The van der Waals surface area contributed by atoms with Gasteiger partial charge in [-0.25, -0.2) is 4.98 Å². The Kier molecular flexibility index (Phi) is 8.03. The molecule has 1 N–H and O–H groups in total. The Morgan fingerprint density at radius 2 is 1.80 bits per heavy atom. The van der Waals surface area contributed by atoms with Crippen LogP contribution in [0.5, 0.6) is 0 Å². The third-order valence-corrected chi connectivity index (χ3v) is 5.33. The molecule has 0 bridgehead atoms. The second kappa shape index (κ2) is 10.9. The number of aromatic nitrogens is 2. The minimum absolute atomic E-state index is 0.0368. The number of Topliss-reactive ketones (excluding diaryl/α,β-unsaturated/α-hetero) is 1. The van der Waals surface area contributed by atoms with Crippen LogP contribution in [0.25, 0.3) is 11.0 Å². The lowest BCUT2D eigenvalue weighted by Crippen LogP contribution is -2.23. The predicted octanol–water partition coefficient (Wildman–Crippen LogP) is 5.20. The Morgan fingerprint density at radius 1 is 1.03 bits per heavy atom. The maximum absolute atomic E-state index is 12.8. The summed E-state index contributed by atoms with van der Waals surface area (Å²) >= 11 is 5.94. The first-order chi connectivity index (χ1) is 14.6. The number of amides is 1. The molecule has 0 atom stereocenters. The number of unbranched alkanes of at least 4 members (excludes halogenated alkanes) is 2. The lowest BCUT2D eigenvalue weighted by molar-refractivity contribution is -0.121. The zero-order valence-corrected chi connectivity index (χ0v) is 18.1. The number of halogens is 1. The van der Waals surface area contributed by atoms with E-state index in [-0.39, 0.29) is 18.2 Å². The molecular formula is C24H28ClN3O2. The number of hydrogen-bond acceptors (Lipinski definition) is 3. The van der Waals surface area contributed by atoms with Crippen LogP contribution in [0.15, 0.2) is 48.5 Å². The number of imidazole rings is 1. The molecule has 30 heavy (non-hydrogen) atoms. The molecule has 2 aromatic carbocycles. The van der Waals surface area contributed by atoms with Gasteiger partial charge in [-0.2, -0.15) is 0 Å². The van der Waals surface area contributed by atoms with E-state index in [1.807, 2.05) is 35.8 Å². The number of carbonyl (C=O) groups is 2. The number of fused-ring (bicyclic) bond motifs is 1. The van der Waals surface area contributed by atoms with Gasteiger partial charge < -0.3 is 9.88 Å². The maximum Gasteiger partial charge on any atom is 0.219 e. The zero-order chi connectivity index (χ0) is 21.3. The monoisotopic (exact) mass is 425 g/mol. The van der Waals surface area contributed by atoms with Crippen molar-refractivity contribution in [2.75, 3.05) is 6.54 Å². The number of benzene rings is 2. The highest BCUT2D eigenvalue weighted by atomic mass is 35.5. The van der Waals surface area contributed by atoms with Gasteiger partial charge in [0.2, 0.25) is 5.91 Å². The second-order valence-electron chi connectivity index (χ2n) is 7.44. The lowest BCUT2D eigenvalue weighted by Gasteiger charge is -2.09. The molecule has 1 heterocycles. The number of para-hydroxylation sites is 2.